The van der Waals surface area contributed by atoms with E-state index < -0.39 is 10.0 Å². The van der Waals surface area contributed by atoms with Crippen LogP contribution in [0.25, 0.3) is 0 Å². The van der Waals surface area contributed by atoms with Crippen LogP contribution < -0.4 is 19.5 Å². The Morgan fingerprint density at radius 2 is 1.48 bits per heavy atom. The van der Waals surface area contributed by atoms with Crippen molar-refractivity contribution in [3.05, 3.63) is 103 Å². The summed E-state index contributed by atoms with van der Waals surface area (Å²) in [5.41, 5.74) is 2.23. The molecule has 2 N–H and O–H groups in total. The molecule has 0 heterocycles. The number of amides is 1. The van der Waals surface area contributed by atoms with Crippen LogP contribution >= 0.6 is 0 Å². The zero-order chi connectivity index (χ0) is 23.5. The van der Waals surface area contributed by atoms with Gasteiger partial charge in [-0.05, 0) is 47.5 Å². The van der Waals surface area contributed by atoms with Gasteiger partial charge in [-0.25, -0.2) is 13.1 Å². The van der Waals surface area contributed by atoms with Crippen LogP contribution in [-0.4, -0.2) is 27.5 Å². The Labute approximate surface area is 194 Å². The monoisotopic (exact) mass is 466 g/mol. The number of carbonyl (C=O) groups excluding carboxylic acids is 1. The molecule has 0 saturated carbocycles. The lowest BCUT2D eigenvalue weighted by Crippen LogP contribution is -2.25. The molecule has 0 atom stereocenters. The smallest absolute Gasteiger partial charge is 0.262 e. The van der Waals surface area contributed by atoms with E-state index in [0.29, 0.717) is 29.4 Å². The van der Waals surface area contributed by atoms with Crippen molar-refractivity contribution >= 4 is 21.6 Å². The molecular formula is C25H26N2O5S. The van der Waals surface area contributed by atoms with Crippen LogP contribution in [0.4, 0.5) is 5.69 Å². The van der Waals surface area contributed by atoms with Crippen molar-refractivity contribution in [3.8, 4) is 11.5 Å². The highest BCUT2D eigenvalue weighted by Crippen LogP contribution is 2.19. The molecule has 7 nitrogen and oxygen atoms in total. The van der Waals surface area contributed by atoms with E-state index in [1.165, 1.54) is 6.08 Å². The fourth-order valence-corrected chi connectivity index (χ4v) is 3.96. The highest BCUT2D eigenvalue weighted by atomic mass is 32.2. The summed E-state index contributed by atoms with van der Waals surface area (Å²) in [6.07, 6.45) is 1.48. The Kier molecular flexibility index (Phi) is 8.63. The summed E-state index contributed by atoms with van der Waals surface area (Å²) in [6.45, 7) is 3.97. The Morgan fingerprint density at radius 3 is 2.12 bits per heavy atom. The number of benzene rings is 3. The van der Waals surface area contributed by atoms with Gasteiger partial charge < -0.3 is 14.8 Å². The first-order valence-electron chi connectivity index (χ1n) is 10.3. The van der Waals surface area contributed by atoms with Crippen LogP contribution in [0.1, 0.15) is 11.1 Å². The van der Waals surface area contributed by atoms with Gasteiger partial charge in [0, 0.05) is 12.2 Å². The molecule has 172 valence electrons. The summed E-state index contributed by atoms with van der Waals surface area (Å²) in [5, 5.41) is 2.72. The number of carbonyl (C=O) groups is 1. The van der Waals surface area contributed by atoms with Crippen LogP contribution in [0.5, 0.6) is 11.5 Å². The van der Waals surface area contributed by atoms with Crippen molar-refractivity contribution in [1.29, 1.82) is 0 Å². The van der Waals surface area contributed by atoms with Gasteiger partial charge in [0.15, 0.2) is 6.61 Å². The maximum absolute atomic E-state index is 12.2. The quantitative estimate of drug-likeness (QED) is 0.395. The van der Waals surface area contributed by atoms with Gasteiger partial charge in [0.2, 0.25) is 10.0 Å². The highest BCUT2D eigenvalue weighted by Gasteiger charge is 2.10. The predicted molar refractivity (Wildman–Crippen MR) is 129 cm³/mol. The van der Waals surface area contributed by atoms with Crippen molar-refractivity contribution in [2.45, 2.75) is 12.4 Å². The van der Waals surface area contributed by atoms with Gasteiger partial charge in [-0.1, -0.05) is 48.5 Å². The van der Waals surface area contributed by atoms with Crippen molar-refractivity contribution in [2.24, 2.45) is 0 Å². The average molecular weight is 467 g/mol. The molecule has 0 bridgehead atoms. The molecule has 0 fully saturated rings. The van der Waals surface area contributed by atoms with Gasteiger partial charge in [0.1, 0.15) is 18.1 Å². The van der Waals surface area contributed by atoms with Crippen LogP contribution in [-0.2, 0) is 27.2 Å². The zero-order valence-electron chi connectivity index (χ0n) is 18.1. The largest absolute Gasteiger partial charge is 0.489 e. The van der Waals surface area contributed by atoms with E-state index in [1.54, 1.807) is 48.5 Å². The third kappa shape index (κ3) is 8.44. The number of anilines is 1. The summed E-state index contributed by atoms with van der Waals surface area (Å²) >= 11 is 0. The van der Waals surface area contributed by atoms with Crippen molar-refractivity contribution in [3.63, 3.8) is 0 Å². The van der Waals surface area contributed by atoms with E-state index in [4.69, 9.17) is 9.47 Å². The van der Waals surface area contributed by atoms with Gasteiger partial charge in [-0.15, -0.1) is 6.58 Å². The molecule has 33 heavy (non-hydrogen) atoms. The molecule has 0 spiro atoms. The van der Waals surface area contributed by atoms with E-state index in [0.717, 1.165) is 5.56 Å². The molecular weight excluding hydrogens is 440 g/mol. The fourth-order valence-electron chi connectivity index (χ4n) is 2.86. The van der Waals surface area contributed by atoms with E-state index in [9.17, 15) is 13.2 Å². The molecule has 0 aliphatic carbocycles. The van der Waals surface area contributed by atoms with Crippen LogP contribution in [0.15, 0.2) is 91.5 Å². The first kappa shape index (κ1) is 24.0. The SMILES string of the molecule is C=CCNS(=O)(=O)Cc1ccc(NC(=O)COc2ccc(OCc3ccccc3)cc2)cc1. The van der Waals surface area contributed by atoms with Gasteiger partial charge in [-0.3, -0.25) is 4.79 Å². The van der Waals surface area contributed by atoms with Crippen LogP contribution in [0, 0.1) is 0 Å². The lowest BCUT2D eigenvalue weighted by atomic mass is 10.2. The predicted octanol–water partition coefficient (Wildman–Crippen LogP) is 3.89. The van der Waals surface area contributed by atoms with E-state index in [-0.39, 0.29) is 24.8 Å². The van der Waals surface area contributed by atoms with E-state index >= 15 is 0 Å². The Hall–Kier alpha value is -3.62. The average Bonchev–Trinajstić information content (AvgIpc) is 2.82. The molecule has 0 unspecified atom stereocenters. The molecule has 0 aliphatic heterocycles. The van der Waals surface area contributed by atoms with E-state index in [1.807, 2.05) is 30.3 Å². The summed E-state index contributed by atoms with van der Waals surface area (Å²) in [6, 6.07) is 23.5. The fraction of sp³-hybridized carbons (Fsp3) is 0.160. The standard InChI is InChI=1S/C25H26N2O5S/c1-2-16-26-33(29,30)19-21-8-10-22(11-9-21)27-25(28)18-32-24-14-12-23(13-15-24)31-17-20-6-4-3-5-7-20/h2-15,26H,1,16-19H2,(H,27,28). The third-order valence-electron chi connectivity index (χ3n) is 4.48. The summed E-state index contributed by atoms with van der Waals surface area (Å²) in [5.74, 6) is 0.776. The second-order valence-electron chi connectivity index (χ2n) is 7.18. The van der Waals surface area contributed by atoms with Crippen molar-refractivity contribution < 1.29 is 22.7 Å². The Balaban J connectivity index is 1.43. The second-order valence-corrected chi connectivity index (χ2v) is 8.98. The third-order valence-corrected chi connectivity index (χ3v) is 5.80. The molecule has 3 rings (SSSR count). The minimum Gasteiger partial charge on any atom is -0.489 e. The van der Waals surface area contributed by atoms with Gasteiger partial charge in [-0.2, -0.15) is 0 Å². The molecule has 0 aliphatic rings. The molecule has 0 aromatic heterocycles. The topological polar surface area (TPSA) is 93.7 Å². The van der Waals surface area contributed by atoms with Gasteiger partial charge in [0.25, 0.3) is 5.91 Å². The Morgan fingerprint density at radius 1 is 0.848 bits per heavy atom. The molecule has 3 aromatic carbocycles. The van der Waals surface area contributed by atoms with Gasteiger partial charge in [0.05, 0.1) is 5.75 Å². The zero-order valence-corrected chi connectivity index (χ0v) is 18.9. The lowest BCUT2D eigenvalue weighted by molar-refractivity contribution is -0.118. The molecule has 0 radical (unpaired) electrons. The number of ether oxygens (including phenoxy) is 2. The number of sulfonamides is 1. The number of hydrogen-bond donors (Lipinski definition) is 2. The molecule has 3 aromatic rings. The van der Waals surface area contributed by atoms with Crippen molar-refractivity contribution in [1.82, 2.24) is 4.72 Å². The summed E-state index contributed by atoms with van der Waals surface area (Å²) in [7, 11) is -3.43. The minimum absolute atomic E-state index is 0.150. The van der Waals surface area contributed by atoms with Crippen LogP contribution in [0.3, 0.4) is 0 Å². The lowest BCUT2D eigenvalue weighted by Gasteiger charge is -2.10. The number of hydrogen-bond acceptors (Lipinski definition) is 5. The van der Waals surface area contributed by atoms with Crippen molar-refractivity contribution in [2.75, 3.05) is 18.5 Å². The number of rotatable bonds is 12. The highest BCUT2D eigenvalue weighted by molar-refractivity contribution is 7.88. The Bertz CT molecular complexity index is 1150. The second kappa shape index (κ2) is 11.8. The molecule has 1 amide bonds. The van der Waals surface area contributed by atoms with E-state index in [2.05, 4.69) is 16.6 Å². The maximum atomic E-state index is 12.2. The maximum Gasteiger partial charge on any atom is 0.262 e. The first-order chi connectivity index (χ1) is 15.9. The summed E-state index contributed by atoms with van der Waals surface area (Å²) < 4.78 is 37.5. The first-order valence-corrected chi connectivity index (χ1v) is 12.0. The normalized spacial score (nSPS) is 10.9. The van der Waals surface area contributed by atoms with Gasteiger partial charge >= 0.3 is 0 Å². The minimum atomic E-state index is -3.43. The number of nitrogens with one attached hydrogen (secondary N) is 2. The molecule has 0 saturated heterocycles. The van der Waals surface area contributed by atoms with Crippen LogP contribution in [0.2, 0.25) is 0 Å². The molecule has 8 heteroatoms. The summed E-state index contributed by atoms with van der Waals surface area (Å²) in [4.78, 5) is 12.2.